The topological polar surface area (TPSA) is 24.9 Å². The van der Waals surface area contributed by atoms with E-state index in [2.05, 4.69) is 23.7 Å². The van der Waals surface area contributed by atoms with Crippen molar-refractivity contribution in [2.45, 2.75) is 36.9 Å². The van der Waals surface area contributed by atoms with Crippen LogP contribution in [0.2, 0.25) is 0 Å². The van der Waals surface area contributed by atoms with Gasteiger partial charge in [0.2, 0.25) is 0 Å². The standard InChI is InChI=1S/C13H18N2S/c1-16-13(7-8-13)9-14-12-6-5-10-3-2-4-11(10)15-12/h5-6H,2-4,7-9H2,1H3,(H,14,15). The SMILES string of the molecule is CSC1(CNc2ccc3c(n2)CCC3)CC1. The number of nitrogens with one attached hydrogen (secondary N) is 1. The van der Waals surface area contributed by atoms with Crippen molar-refractivity contribution in [3.63, 3.8) is 0 Å². The minimum atomic E-state index is 0.515. The molecule has 1 heterocycles. The third-order valence-corrected chi connectivity index (χ3v) is 5.18. The van der Waals surface area contributed by atoms with Crippen LogP contribution in [0.5, 0.6) is 0 Å². The molecule has 16 heavy (non-hydrogen) atoms. The van der Waals surface area contributed by atoms with Crippen molar-refractivity contribution >= 4 is 17.6 Å². The van der Waals surface area contributed by atoms with Crippen LogP contribution in [0.3, 0.4) is 0 Å². The summed E-state index contributed by atoms with van der Waals surface area (Å²) >= 11 is 1.99. The summed E-state index contributed by atoms with van der Waals surface area (Å²) in [6.07, 6.45) is 8.58. The van der Waals surface area contributed by atoms with E-state index in [-0.39, 0.29) is 0 Å². The minimum Gasteiger partial charge on any atom is -0.369 e. The van der Waals surface area contributed by atoms with Crippen molar-refractivity contribution in [2.75, 3.05) is 18.1 Å². The molecule has 86 valence electrons. The van der Waals surface area contributed by atoms with Crippen LogP contribution in [-0.4, -0.2) is 22.5 Å². The van der Waals surface area contributed by atoms with Gasteiger partial charge in [0.1, 0.15) is 5.82 Å². The number of aryl methyl sites for hydroxylation is 2. The number of pyridine rings is 1. The van der Waals surface area contributed by atoms with E-state index >= 15 is 0 Å². The van der Waals surface area contributed by atoms with Gasteiger partial charge in [-0.1, -0.05) is 6.07 Å². The molecule has 2 nitrogen and oxygen atoms in total. The molecule has 0 aromatic carbocycles. The summed E-state index contributed by atoms with van der Waals surface area (Å²) in [6.45, 7) is 1.07. The molecule has 2 aliphatic carbocycles. The second-order valence-electron chi connectivity index (χ2n) is 4.90. The number of fused-ring (bicyclic) bond motifs is 1. The molecule has 0 spiro atoms. The molecule has 1 aromatic heterocycles. The lowest BCUT2D eigenvalue weighted by atomic mass is 10.2. The van der Waals surface area contributed by atoms with E-state index in [0.29, 0.717) is 4.75 Å². The average molecular weight is 234 g/mol. The first-order valence-corrected chi connectivity index (χ1v) is 7.32. The molecular weight excluding hydrogens is 216 g/mol. The Morgan fingerprint density at radius 3 is 3.00 bits per heavy atom. The highest BCUT2D eigenvalue weighted by atomic mass is 32.2. The molecule has 1 aromatic rings. The number of aromatic nitrogens is 1. The van der Waals surface area contributed by atoms with Gasteiger partial charge in [-0.3, -0.25) is 0 Å². The maximum atomic E-state index is 4.70. The van der Waals surface area contributed by atoms with Gasteiger partial charge < -0.3 is 5.32 Å². The number of anilines is 1. The van der Waals surface area contributed by atoms with E-state index in [1.165, 1.54) is 43.4 Å². The fourth-order valence-electron chi connectivity index (χ4n) is 2.36. The first-order chi connectivity index (χ1) is 7.81. The highest BCUT2D eigenvalue weighted by Gasteiger charge is 2.41. The zero-order valence-corrected chi connectivity index (χ0v) is 10.6. The number of hydrogen-bond acceptors (Lipinski definition) is 3. The van der Waals surface area contributed by atoms with Crippen LogP contribution >= 0.6 is 11.8 Å². The van der Waals surface area contributed by atoms with Crippen molar-refractivity contribution in [2.24, 2.45) is 0 Å². The third-order valence-electron chi connectivity index (χ3n) is 3.76. The van der Waals surface area contributed by atoms with E-state index in [4.69, 9.17) is 4.98 Å². The monoisotopic (exact) mass is 234 g/mol. The first kappa shape index (κ1) is 10.5. The maximum Gasteiger partial charge on any atom is 0.126 e. The van der Waals surface area contributed by atoms with Gasteiger partial charge in [-0.05, 0) is 50.0 Å². The molecule has 3 rings (SSSR count). The molecule has 2 aliphatic rings. The molecular formula is C13H18N2S. The lowest BCUT2D eigenvalue weighted by molar-refractivity contribution is 0.896. The Kier molecular flexibility index (Phi) is 2.58. The number of nitrogens with zero attached hydrogens (tertiary/aromatic N) is 1. The molecule has 1 N–H and O–H groups in total. The molecule has 0 amide bonds. The van der Waals surface area contributed by atoms with E-state index < -0.39 is 0 Å². The van der Waals surface area contributed by atoms with Crippen LogP contribution in [0.1, 0.15) is 30.5 Å². The van der Waals surface area contributed by atoms with Crippen LogP contribution in [0.4, 0.5) is 5.82 Å². The predicted molar refractivity (Wildman–Crippen MR) is 70.2 cm³/mol. The lowest BCUT2D eigenvalue weighted by Gasteiger charge is -2.14. The summed E-state index contributed by atoms with van der Waals surface area (Å²) in [5.41, 5.74) is 2.77. The fraction of sp³-hybridized carbons (Fsp3) is 0.615. The Balaban J connectivity index is 1.66. The Labute approximate surface area is 101 Å². The van der Waals surface area contributed by atoms with Crippen molar-refractivity contribution in [3.05, 3.63) is 23.4 Å². The highest BCUT2D eigenvalue weighted by Crippen LogP contribution is 2.46. The molecule has 1 fully saturated rings. The van der Waals surface area contributed by atoms with Gasteiger partial charge in [-0.2, -0.15) is 11.8 Å². The number of hydrogen-bond donors (Lipinski definition) is 1. The summed E-state index contributed by atoms with van der Waals surface area (Å²) in [5.74, 6) is 1.07. The Bertz CT molecular complexity index is 399. The quantitative estimate of drug-likeness (QED) is 0.867. The van der Waals surface area contributed by atoms with E-state index in [0.717, 1.165) is 12.4 Å². The van der Waals surface area contributed by atoms with Crippen molar-refractivity contribution in [1.29, 1.82) is 0 Å². The Hall–Kier alpha value is -0.700. The van der Waals surface area contributed by atoms with Gasteiger partial charge >= 0.3 is 0 Å². The summed E-state index contributed by atoms with van der Waals surface area (Å²) in [7, 11) is 0. The second-order valence-corrected chi connectivity index (χ2v) is 6.17. The van der Waals surface area contributed by atoms with Gasteiger partial charge in [0.25, 0.3) is 0 Å². The second kappa shape index (κ2) is 3.95. The van der Waals surface area contributed by atoms with Crippen molar-refractivity contribution in [3.8, 4) is 0 Å². The summed E-state index contributed by atoms with van der Waals surface area (Å²) < 4.78 is 0.515. The highest BCUT2D eigenvalue weighted by molar-refractivity contribution is 8.00. The van der Waals surface area contributed by atoms with E-state index in [1.807, 2.05) is 11.8 Å². The van der Waals surface area contributed by atoms with Crippen LogP contribution in [0.15, 0.2) is 12.1 Å². The van der Waals surface area contributed by atoms with E-state index in [1.54, 1.807) is 0 Å². The van der Waals surface area contributed by atoms with Gasteiger partial charge in [-0.15, -0.1) is 0 Å². The maximum absolute atomic E-state index is 4.70. The molecule has 1 saturated carbocycles. The smallest absolute Gasteiger partial charge is 0.126 e. The number of rotatable bonds is 4. The predicted octanol–water partition coefficient (Wildman–Crippen LogP) is 2.88. The van der Waals surface area contributed by atoms with E-state index in [9.17, 15) is 0 Å². The largest absolute Gasteiger partial charge is 0.369 e. The summed E-state index contributed by atoms with van der Waals surface area (Å²) in [5, 5.41) is 3.50. The fourth-order valence-corrected chi connectivity index (χ4v) is 3.09. The van der Waals surface area contributed by atoms with Crippen molar-refractivity contribution < 1.29 is 0 Å². The molecule has 3 heteroatoms. The summed E-state index contributed by atoms with van der Waals surface area (Å²) in [4.78, 5) is 4.70. The third kappa shape index (κ3) is 1.93. The van der Waals surface area contributed by atoms with Gasteiger partial charge in [-0.25, -0.2) is 4.98 Å². The molecule has 0 atom stereocenters. The van der Waals surface area contributed by atoms with Crippen LogP contribution < -0.4 is 5.32 Å². The molecule has 0 unspecified atom stereocenters. The molecule has 0 saturated heterocycles. The summed E-state index contributed by atoms with van der Waals surface area (Å²) in [6, 6.07) is 4.39. The average Bonchev–Trinajstić information content (AvgIpc) is 2.96. The van der Waals surface area contributed by atoms with Gasteiger partial charge in [0, 0.05) is 17.0 Å². The molecule has 0 radical (unpaired) electrons. The lowest BCUT2D eigenvalue weighted by Crippen LogP contribution is -2.18. The molecule has 0 aliphatic heterocycles. The van der Waals surface area contributed by atoms with Gasteiger partial charge in [0.05, 0.1) is 0 Å². The minimum absolute atomic E-state index is 0.515. The zero-order chi connectivity index (χ0) is 11.0. The van der Waals surface area contributed by atoms with Crippen LogP contribution in [0.25, 0.3) is 0 Å². The first-order valence-electron chi connectivity index (χ1n) is 6.09. The molecule has 0 bridgehead atoms. The zero-order valence-electron chi connectivity index (χ0n) is 9.75. The Morgan fingerprint density at radius 1 is 1.38 bits per heavy atom. The van der Waals surface area contributed by atoms with Crippen LogP contribution in [-0.2, 0) is 12.8 Å². The Morgan fingerprint density at radius 2 is 2.25 bits per heavy atom. The normalized spacial score (nSPS) is 20.6. The van der Waals surface area contributed by atoms with Crippen molar-refractivity contribution in [1.82, 2.24) is 4.98 Å². The van der Waals surface area contributed by atoms with Gasteiger partial charge in [0.15, 0.2) is 0 Å². The van der Waals surface area contributed by atoms with Crippen LogP contribution in [0, 0.1) is 0 Å². The number of thioether (sulfide) groups is 1.